The van der Waals surface area contributed by atoms with Crippen LogP contribution in [0.3, 0.4) is 0 Å². The molecule has 18 heavy (non-hydrogen) atoms. The highest BCUT2D eigenvalue weighted by Gasteiger charge is 2.18. The molecule has 1 aliphatic rings. The van der Waals surface area contributed by atoms with E-state index in [1.807, 2.05) is 24.4 Å². The molecule has 0 aromatic heterocycles. The summed E-state index contributed by atoms with van der Waals surface area (Å²) in [5, 5.41) is 8.93. The van der Waals surface area contributed by atoms with Gasteiger partial charge in [0.05, 0.1) is 11.6 Å². The SMILES string of the molecule is CN=Cc1ccc2c(c1)Cc1cc(C#N)ccc1-2. The van der Waals surface area contributed by atoms with E-state index in [1.54, 1.807) is 7.05 Å². The zero-order valence-electron chi connectivity index (χ0n) is 10.1. The zero-order valence-corrected chi connectivity index (χ0v) is 10.1. The molecule has 0 heterocycles. The van der Waals surface area contributed by atoms with Crippen LogP contribution in [0.1, 0.15) is 22.3 Å². The van der Waals surface area contributed by atoms with Crippen molar-refractivity contribution >= 4 is 6.21 Å². The lowest BCUT2D eigenvalue weighted by Gasteiger charge is -2.01. The summed E-state index contributed by atoms with van der Waals surface area (Å²) in [6, 6.07) is 14.5. The molecule has 0 saturated heterocycles. The van der Waals surface area contributed by atoms with Gasteiger partial charge in [-0.15, -0.1) is 0 Å². The van der Waals surface area contributed by atoms with Crippen LogP contribution in [0.25, 0.3) is 11.1 Å². The average molecular weight is 232 g/mol. The van der Waals surface area contributed by atoms with E-state index >= 15 is 0 Å². The van der Waals surface area contributed by atoms with E-state index in [-0.39, 0.29) is 0 Å². The highest BCUT2D eigenvalue weighted by atomic mass is 14.6. The Labute approximate surface area is 106 Å². The molecule has 86 valence electrons. The van der Waals surface area contributed by atoms with Gasteiger partial charge in [0, 0.05) is 13.3 Å². The number of aliphatic imine (C=N–C) groups is 1. The summed E-state index contributed by atoms with van der Waals surface area (Å²) in [7, 11) is 1.78. The van der Waals surface area contributed by atoms with Crippen LogP contribution in [-0.2, 0) is 6.42 Å². The lowest BCUT2D eigenvalue weighted by atomic mass is 10.0. The van der Waals surface area contributed by atoms with Gasteiger partial charge < -0.3 is 0 Å². The summed E-state index contributed by atoms with van der Waals surface area (Å²) in [4.78, 5) is 4.04. The normalized spacial score (nSPS) is 12.2. The summed E-state index contributed by atoms with van der Waals surface area (Å²) in [5.74, 6) is 0. The lowest BCUT2D eigenvalue weighted by molar-refractivity contribution is 1.25. The van der Waals surface area contributed by atoms with Crippen LogP contribution in [0.4, 0.5) is 0 Å². The summed E-state index contributed by atoms with van der Waals surface area (Å²) in [6.07, 6.45) is 2.77. The van der Waals surface area contributed by atoms with Crippen molar-refractivity contribution in [2.75, 3.05) is 7.05 Å². The topological polar surface area (TPSA) is 36.1 Å². The third-order valence-corrected chi connectivity index (χ3v) is 3.31. The van der Waals surface area contributed by atoms with Crippen LogP contribution in [0.2, 0.25) is 0 Å². The van der Waals surface area contributed by atoms with E-state index in [4.69, 9.17) is 5.26 Å². The first-order valence-corrected chi connectivity index (χ1v) is 5.90. The van der Waals surface area contributed by atoms with Crippen molar-refractivity contribution in [2.24, 2.45) is 4.99 Å². The maximum absolute atomic E-state index is 8.93. The van der Waals surface area contributed by atoms with E-state index < -0.39 is 0 Å². The smallest absolute Gasteiger partial charge is 0.0991 e. The van der Waals surface area contributed by atoms with E-state index in [0.29, 0.717) is 0 Å². The predicted octanol–water partition coefficient (Wildman–Crippen LogP) is 3.18. The molecule has 0 saturated carbocycles. The molecule has 2 nitrogen and oxygen atoms in total. The van der Waals surface area contributed by atoms with Gasteiger partial charge in [-0.2, -0.15) is 5.26 Å². The Morgan fingerprint density at radius 3 is 2.56 bits per heavy atom. The first-order valence-electron chi connectivity index (χ1n) is 5.90. The van der Waals surface area contributed by atoms with Crippen LogP contribution in [0, 0.1) is 11.3 Å². The highest BCUT2D eigenvalue weighted by Crippen LogP contribution is 2.37. The van der Waals surface area contributed by atoms with Crippen molar-refractivity contribution in [2.45, 2.75) is 6.42 Å². The zero-order chi connectivity index (χ0) is 12.5. The number of nitriles is 1. The van der Waals surface area contributed by atoms with Gasteiger partial charge in [0.2, 0.25) is 0 Å². The Balaban J connectivity index is 2.11. The van der Waals surface area contributed by atoms with E-state index in [9.17, 15) is 0 Å². The summed E-state index contributed by atoms with van der Waals surface area (Å²) in [6.45, 7) is 0. The number of rotatable bonds is 1. The van der Waals surface area contributed by atoms with Gasteiger partial charge >= 0.3 is 0 Å². The molecule has 0 fully saturated rings. The fourth-order valence-electron chi connectivity index (χ4n) is 2.53. The molecule has 0 aliphatic heterocycles. The highest BCUT2D eigenvalue weighted by molar-refractivity contribution is 5.84. The van der Waals surface area contributed by atoms with Crippen LogP contribution >= 0.6 is 0 Å². The molecular formula is C16H12N2. The minimum atomic E-state index is 0.733. The van der Waals surface area contributed by atoms with Gasteiger partial charge in [-0.3, -0.25) is 4.99 Å². The Hall–Kier alpha value is -2.40. The van der Waals surface area contributed by atoms with Crippen molar-refractivity contribution < 1.29 is 0 Å². The molecule has 2 aromatic carbocycles. The van der Waals surface area contributed by atoms with E-state index in [0.717, 1.165) is 17.5 Å². The largest absolute Gasteiger partial charge is 0.296 e. The molecule has 0 radical (unpaired) electrons. The van der Waals surface area contributed by atoms with Gasteiger partial charge in [-0.1, -0.05) is 18.2 Å². The first kappa shape index (κ1) is 10.7. The molecule has 0 bridgehead atoms. The van der Waals surface area contributed by atoms with Crippen molar-refractivity contribution in [3.63, 3.8) is 0 Å². The molecule has 3 rings (SSSR count). The quantitative estimate of drug-likeness (QED) is 0.593. The van der Waals surface area contributed by atoms with Crippen LogP contribution in [0.15, 0.2) is 41.4 Å². The fraction of sp³-hybridized carbons (Fsp3) is 0.125. The Morgan fingerprint density at radius 1 is 1.11 bits per heavy atom. The van der Waals surface area contributed by atoms with Crippen molar-refractivity contribution in [3.05, 3.63) is 58.7 Å². The van der Waals surface area contributed by atoms with Gasteiger partial charge in [0.15, 0.2) is 0 Å². The lowest BCUT2D eigenvalue weighted by Crippen LogP contribution is -1.85. The predicted molar refractivity (Wildman–Crippen MR) is 72.9 cm³/mol. The van der Waals surface area contributed by atoms with Gasteiger partial charge in [-0.05, 0) is 52.4 Å². The van der Waals surface area contributed by atoms with E-state index in [1.165, 1.54) is 22.3 Å². The third-order valence-electron chi connectivity index (χ3n) is 3.31. The molecule has 0 amide bonds. The number of hydrogen-bond acceptors (Lipinski definition) is 2. The molecule has 0 unspecified atom stereocenters. The minimum absolute atomic E-state index is 0.733. The molecule has 2 aromatic rings. The minimum Gasteiger partial charge on any atom is -0.296 e. The van der Waals surface area contributed by atoms with Gasteiger partial charge in [0.25, 0.3) is 0 Å². The van der Waals surface area contributed by atoms with Crippen LogP contribution < -0.4 is 0 Å². The van der Waals surface area contributed by atoms with Gasteiger partial charge in [-0.25, -0.2) is 0 Å². The van der Waals surface area contributed by atoms with Crippen molar-refractivity contribution in [1.29, 1.82) is 5.26 Å². The Morgan fingerprint density at radius 2 is 1.83 bits per heavy atom. The number of fused-ring (bicyclic) bond motifs is 3. The second kappa shape index (κ2) is 4.12. The van der Waals surface area contributed by atoms with Crippen LogP contribution in [0.5, 0.6) is 0 Å². The van der Waals surface area contributed by atoms with Gasteiger partial charge in [0.1, 0.15) is 0 Å². The number of hydrogen-bond donors (Lipinski definition) is 0. The van der Waals surface area contributed by atoms with Crippen molar-refractivity contribution in [3.8, 4) is 17.2 Å². The maximum atomic E-state index is 8.93. The maximum Gasteiger partial charge on any atom is 0.0991 e. The Bertz CT molecular complexity index is 691. The summed E-state index contributed by atoms with van der Waals surface area (Å²) in [5.41, 5.74) is 6.96. The second-order valence-electron chi connectivity index (χ2n) is 4.46. The Kier molecular flexibility index (Phi) is 2.46. The standard InChI is InChI=1S/C16H12N2/c1-18-10-12-3-5-16-14(7-12)8-13-6-11(9-17)2-4-15(13)16/h2-7,10H,8H2,1H3. The average Bonchev–Trinajstić information content (AvgIpc) is 2.75. The molecule has 1 aliphatic carbocycles. The van der Waals surface area contributed by atoms with E-state index in [2.05, 4.69) is 29.3 Å². The second-order valence-corrected chi connectivity index (χ2v) is 4.46. The third kappa shape index (κ3) is 1.61. The molecule has 0 atom stereocenters. The molecule has 2 heteroatoms. The molecule has 0 spiro atoms. The summed E-state index contributed by atoms with van der Waals surface area (Å²) < 4.78 is 0. The summed E-state index contributed by atoms with van der Waals surface area (Å²) >= 11 is 0. The number of nitrogens with zero attached hydrogens (tertiary/aromatic N) is 2. The van der Waals surface area contributed by atoms with Crippen LogP contribution in [-0.4, -0.2) is 13.3 Å². The first-order chi connectivity index (χ1) is 8.81. The van der Waals surface area contributed by atoms with Crippen molar-refractivity contribution in [1.82, 2.24) is 0 Å². The molecular weight excluding hydrogens is 220 g/mol. The monoisotopic (exact) mass is 232 g/mol. The molecule has 0 N–H and O–H groups in total. The fourth-order valence-corrected chi connectivity index (χ4v) is 2.53. The number of benzene rings is 2.